The number of aryl methyl sites for hydroxylation is 1. The standard InChI is InChI=1S/C23H28N4O4/c1-23(2,3)31-22(29)26-18(20(28)25-17-10-8-12-24-21(17)30-5)13-15-14-27(4)19-11-7-6-9-16(15)19/h6-12,14,18H,13H2,1-5H3,(H,25,28)(H,26,29)/t18-/m1/s1. The molecular formula is C23H28N4O4. The van der Waals surface area contributed by atoms with E-state index in [-0.39, 0.29) is 12.3 Å². The first-order valence-corrected chi connectivity index (χ1v) is 10.0. The molecule has 0 unspecified atom stereocenters. The molecule has 0 aliphatic carbocycles. The highest BCUT2D eigenvalue weighted by atomic mass is 16.6. The predicted molar refractivity (Wildman–Crippen MR) is 119 cm³/mol. The maximum absolute atomic E-state index is 13.2. The van der Waals surface area contributed by atoms with Crippen molar-refractivity contribution < 1.29 is 19.1 Å². The van der Waals surface area contributed by atoms with E-state index >= 15 is 0 Å². The maximum Gasteiger partial charge on any atom is 0.408 e. The van der Waals surface area contributed by atoms with Crippen LogP contribution in [-0.2, 0) is 23.0 Å². The Bertz CT molecular complexity index is 1080. The van der Waals surface area contributed by atoms with E-state index in [1.807, 2.05) is 42.1 Å². The van der Waals surface area contributed by atoms with Crippen LogP contribution in [0.5, 0.6) is 5.88 Å². The van der Waals surface area contributed by atoms with Gasteiger partial charge in [0.15, 0.2) is 0 Å². The fraction of sp³-hybridized carbons (Fsp3) is 0.348. The van der Waals surface area contributed by atoms with E-state index in [1.54, 1.807) is 39.1 Å². The van der Waals surface area contributed by atoms with Crippen LogP contribution in [0.25, 0.3) is 10.9 Å². The van der Waals surface area contributed by atoms with Crippen molar-refractivity contribution in [3.63, 3.8) is 0 Å². The van der Waals surface area contributed by atoms with Crippen LogP contribution in [0.1, 0.15) is 26.3 Å². The highest BCUT2D eigenvalue weighted by Gasteiger charge is 2.26. The minimum Gasteiger partial charge on any atom is -0.480 e. The number of rotatable bonds is 6. The number of hydrogen-bond donors (Lipinski definition) is 2. The second kappa shape index (κ2) is 9.07. The number of pyridine rings is 1. The quantitative estimate of drug-likeness (QED) is 0.630. The average molecular weight is 425 g/mol. The summed E-state index contributed by atoms with van der Waals surface area (Å²) in [7, 11) is 3.42. The van der Waals surface area contributed by atoms with Crippen molar-refractivity contribution in [2.24, 2.45) is 7.05 Å². The molecular weight excluding hydrogens is 396 g/mol. The topological polar surface area (TPSA) is 94.5 Å². The Morgan fingerprint density at radius 2 is 1.90 bits per heavy atom. The van der Waals surface area contributed by atoms with Crippen molar-refractivity contribution >= 4 is 28.6 Å². The molecule has 0 saturated heterocycles. The molecule has 2 N–H and O–H groups in total. The van der Waals surface area contributed by atoms with Crippen molar-refractivity contribution in [1.29, 1.82) is 0 Å². The zero-order valence-electron chi connectivity index (χ0n) is 18.4. The molecule has 8 nitrogen and oxygen atoms in total. The third kappa shape index (κ3) is 5.53. The highest BCUT2D eigenvalue weighted by molar-refractivity contribution is 5.98. The number of carbonyl (C=O) groups excluding carboxylic acids is 2. The second-order valence-corrected chi connectivity index (χ2v) is 8.23. The van der Waals surface area contributed by atoms with Gasteiger partial charge in [-0.3, -0.25) is 4.79 Å². The number of methoxy groups -OCH3 is 1. The molecule has 1 atom stereocenters. The van der Waals surface area contributed by atoms with E-state index in [4.69, 9.17) is 9.47 Å². The zero-order chi connectivity index (χ0) is 22.6. The van der Waals surface area contributed by atoms with E-state index in [2.05, 4.69) is 15.6 Å². The van der Waals surface area contributed by atoms with Crippen LogP contribution in [0, 0.1) is 0 Å². The molecule has 0 spiro atoms. The van der Waals surface area contributed by atoms with Crippen molar-refractivity contribution in [2.75, 3.05) is 12.4 Å². The second-order valence-electron chi connectivity index (χ2n) is 8.23. The van der Waals surface area contributed by atoms with Gasteiger partial charge in [0.25, 0.3) is 0 Å². The van der Waals surface area contributed by atoms with Gasteiger partial charge in [0.1, 0.15) is 17.3 Å². The van der Waals surface area contributed by atoms with E-state index in [0.29, 0.717) is 5.69 Å². The molecule has 0 aliphatic rings. The molecule has 3 aromatic rings. The van der Waals surface area contributed by atoms with Gasteiger partial charge >= 0.3 is 6.09 Å². The Hall–Kier alpha value is -3.55. The third-order valence-corrected chi connectivity index (χ3v) is 4.63. The van der Waals surface area contributed by atoms with E-state index in [9.17, 15) is 9.59 Å². The Morgan fingerprint density at radius 1 is 1.16 bits per heavy atom. The van der Waals surface area contributed by atoms with Crippen LogP contribution in [0.4, 0.5) is 10.5 Å². The van der Waals surface area contributed by atoms with Gasteiger partial charge < -0.3 is 24.7 Å². The van der Waals surface area contributed by atoms with Gasteiger partial charge in [-0.2, -0.15) is 0 Å². The Labute approximate surface area is 181 Å². The smallest absolute Gasteiger partial charge is 0.408 e. The van der Waals surface area contributed by atoms with Gasteiger partial charge in [-0.1, -0.05) is 18.2 Å². The van der Waals surface area contributed by atoms with Gasteiger partial charge in [-0.05, 0) is 44.5 Å². The number of anilines is 1. The van der Waals surface area contributed by atoms with Crippen molar-refractivity contribution in [3.8, 4) is 5.88 Å². The Kier molecular flexibility index (Phi) is 6.48. The molecule has 0 bridgehead atoms. The first-order valence-electron chi connectivity index (χ1n) is 10.0. The first kappa shape index (κ1) is 22.1. The summed E-state index contributed by atoms with van der Waals surface area (Å²) in [6, 6.07) is 10.4. The number of nitrogens with zero attached hydrogens (tertiary/aromatic N) is 2. The number of ether oxygens (including phenoxy) is 2. The molecule has 164 valence electrons. The predicted octanol–water partition coefficient (Wildman–Crippen LogP) is 3.66. The number of carbonyl (C=O) groups is 2. The van der Waals surface area contributed by atoms with Crippen molar-refractivity contribution in [3.05, 3.63) is 54.4 Å². The van der Waals surface area contributed by atoms with E-state index < -0.39 is 23.6 Å². The number of fused-ring (bicyclic) bond motifs is 1. The summed E-state index contributed by atoms with van der Waals surface area (Å²) in [6.45, 7) is 5.31. The largest absolute Gasteiger partial charge is 0.480 e. The van der Waals surface area contributed by atoms with Gasteiger partial charge in [0, 0.05) is 36.8 Å². The summed E-state index contributed by atoms with van der Waals surface area (Å²) in [5.74, 6) is -0.109. The van der Waals surface area contributed by atoms with Crippen molar-refractivity contribution in [2.45, 2.75) is 38.8 Å². The van der Waals surface area contributed by atoms with Crippen LogP contribution in [-0.4, -0.2) is 40.3 Å². The molecule has 8 heteroatoms. The molecule has 2 aromatic heterocycles. The summed E-state index contributed by atoms with van der Waals surface area (Å²) in [6.07, 6.45) is 3.16. The van der Waals surface area contributed by atoms with Gasteiger partial charge in [0.2, 0.25) is 11.8 Å². The van der Waals surface area contributed by atoms with Crippen LogP contribution >= 0.6 is 0 Å². The number of aromatic nitrogens is 2. The lowest BCUT2D eigenvalue weighted by molar-refractivity contribution is -0.118. The third-order valence-electron chi connectivity index (χ3n) is 4.63. The summed E-state index contributed by atoms with van der Waals surface area (Å²) in [5.41, 5.74) is 1.72. The molecule has 1 aromatic carbocycles. The molecule has 3 rings (SSSR count). The lowest BCUT2D eigenvalue weighted by Gasteiger charge is -2.23. The lowest BCUT2D eigenvalue weighted by Crippen LogP contribution is -2.47. The van der Waals surface area contributed by atoms with E-state index in [1.165, 1.54) is 7.11 Å². The summed E-state index contributed by atoms with van der Waals surface area (Å²) >= 11 is 0. The Morgan fingerprint density at radius 3 is 2.61 bits per heavy atom. The number of para-hydroxylation sites is 1. The SMILES string of the molecule is COc1ncccc1NC(=O)[C@@H](Cc1cn(C)c2ccccc12)NC(=O)OC(C)(C)C. The van der Waals surface area contributed by atoms with Gasteiger partial charge in [-0.15, -0.1) is 0 Å². The zero-order valence-corrected chi connectivity index (χ0v) is 18.4. The van der Waals surface area contributed by atoms with Crippen LogP contribution in [0.15, 0.2) is 48.8 Å². The fourth-order valence-electron chi connectivity index (χ4n) is 3.34. The average Bonchev–Trinajstić information content (AvgIpc) is 3.02. The Balaban J connectivity index is 1.88. The number of nitrogens with one attached hydrogen (secondary N) is 2. The van der Waals surface area contributed by atoms with Crippen molar-refractivity contribution in [1.82, 2.24) is 14.9 Å². The summed E-state index contributed by atoms with van der Waals surface area (Å²) < 4.78 is 12.6. The van der Waals surface area contributed by atoms with E-state index in [0.717, 1.165) is 16.5 Å². The molecule has 0 saturated carbocycles. The van der Waals surface area contributed by atoms with Gasteiger partial charge in [-0.25, -0.2) is 9.78 Å². The number of benzene rings is 1. The molecule has 0 radical (unpaired) electrons. The minimum atomic E-state index is -0.870. The minimum absolute atomic E-state index is 0.287. The summed E-state index contributed by atoms with van der Waals surface area (Å²) in [5, 5.41) is 6.53. The lowest BCUT2D eigenvalue weighted by atomic mass is 10.0. The number of alkyl carbamates (subject to hydrolysis) is 1. The highest BCUT2D eigenvalue weighted by Crippen LogP contribution is 2.23. The molecule has 2 amide bonds. The summed E-state index contributed by atoms with van der Waals surface area (Å²) in [4.78, 5) is 29.7. The van der Waals surface area contributed by atoms with Crippen LogP contribution < -0.4 is 15.4 Å². The van der Waals surface area contributed by atoms with Gasteiger partial charge in [0.05, 0.1) is 7.11 Å². The maximum atomic E-state index is 13.2. The molecule has 2 heterocycles. The number of amides is 2. The molecule has 0 aliphatic heterocycles. The fourth-order valence-corrected chi connectivity index (χ4v) is 3.34. The van der Waals surface area contributed by atoms with Crippen LogP contribution in [0.2, 0.25) is 0 Å². The number of hydrogen-bond acceptors (Lipinski definition) is 5. The molecule has 0 fully saturated rings. The molecule has 31 heavy (non-hydrogen) atoms. The van der Waals surface area contributed by atoms with Crippen LogP contribution in [0.3, 0.4) is 0 Å². The normalized spacial score (nSPS) is 12.3. The monoisotopic (exact) mass is 424 g/mol. The first-order chi connectivity index (χ1) is 14.7.